The zero-order chi connectivity index (χ0) is 13.8. The summed E-state index contributed by atoms with van der Waals surface area (Å²) in [6.07, 6.45) is 6.13. The minimum absolute atomic E-state index is 0.380. The van der Waals surface area contributed by atoms with Crippen molar-refractivity contribution in [2.24, 2.45) is 0 Å². The van der Waals surface area contributed by atoms with E-state index >= 15 is 0 Å². The molecule has 2 rings (SSSR count). The highest BCUT2D eigenvalue weighted by Gasteiger charge is 2.16. The van der Waals surface area contributed by atoms with Crippen molar-refractivity contribution in [3.63, 3.8) is 0 Å². The highest BCUT2D eigenvalue weighted by molar-refractivity contribution is 5.20. The molecular weight excluding hydrogens is 240 g/mol. The Morgan fingerprint density at radius 2 is 2.11 bits per heavy atom. The minimum Gasteiger partial charge on any atom is -0.361 e. The van der Waals surface area contributed by atoms with E-state index in [0.29, 0.717) is 6.04 Å². The van der Waals surface area contributed by atoms with Crippen LogP contribution in [0, 0.1) is 13.8 Å². The van der Waals surface area contributed by atoms with Crippen LogP contribution in [0.25, 0.3) is 0 Å². The first-order valence-electron chi connectivity index (χ1n) is 6.44. The lowest BCUT2D eigenvalue weighted by Gasteiger charge is -2.24. The van der Waals surface area contributed by atoms with Crippen LogP contribution in [0.1, 0.15) is 29.6 Å². The van der Waals surface area contributed by atoms with Gasteiger partial charge in [0.25, 0.3) is 0 Å². The molecule has 2 aromatic rings. The molecule has 0 saturated carbocycles. The standard InChI is InChI=1S/C14H20N4O/c1-10(7-13-8-15-5-6-16-13)18(4)9-14-11(2)17-19-12(14)3/h5-6,8,10H,7,9H2,1-4H3/t10-/m0/s1. The second kappa shape index (κ2) is 5.93. The largest absolute Gasteiger partial charge is 0.361 e. The van der Waals surface area contributed by atoms with E-state index in [1.807, 2.05) is 20.0 Å². The summed E-state index contributed by atoms with van der Waals surface area (Å²) < 4.78 is 5.20. The smallest absolute Gasteiger partial charge is 0.138 e. The van der Waals surface area contributed by atoms with Crippen molar-refractivity contribution < 1.29 is 4.52 Å². The number of aromatic nitrogens is 3. The Bertz CT molecular complexity index is 504. The summed E-state index contributed by atoms with van der Waals surface area (Å²) in [4.78, 5) is 10.7. The molecule has 0 aromatic carbocycles. The van der Waals surface area contributed by atoms with Crippen molar-refractivity contribution in [1.29, 1.82) is 0 Å². The molecule has 102 valence electrons. The van der Waals surface area contributed by atoms with Crippen LogP contribution in [0.3, 0.4) is 0 Å². The van der Waals surface area contributed by atoms with E-state index in [4.69, 9.17) is 4.52 Å². The molecule has 2 aromatic heterocycles. The van der Waals surface area contributed by atoms with Crippen LogP contribution in [0.15, 0.2) is 23.1 Å². The molecule has 19 heavy (non-hydrogen) atoms. The molecular formula is C14H20N4O. The lowest BCUT2D eigenvalue weighted by atomic mass is 10.1. The maximum Gasteiger partial charge on any atom is 0.138 e. The fourth-order valence-corrected chi connectivity index (χ4v) is 2.03. The average Bonchev–Trinajstić information content (AvgIpc) is 2.71. The molecule has 2 heterocycles. The van der Waals surface area contributed by atoms with Crippen LogP contribution in [-0.2, 0) is 13.0 Å². The Hall–Kier alpha value is -1.75. The third-order valence-electron chi connectivity index (χ3n) is 3.46. The molecule has 0 radical (unpaired) electrons. The zero-order valence-electron chi connectivity index (χ0n) is 11.9. The molecule has 0 saturated heterocycles. The predicted molar refractivity (Wildman–Crippen MR) is 72.6 cm³/mol. The van der Waals surface area contributed by atoms with Gasteiger partial charge in [0.2, 0.25) is 0 Å². The molecule has 0 fully saturated rings. The second-order valence-corrected chi connectivity index (χ2v) is 4.97. The van der Waals surface area contributed by atoms with Crippen molar-refractivity contribution in [1.82, 2.24) is 20.0 Å². The quantitative estimate of drug-likeness (QED) is 0.824. The topological polar surface area (TPSA) is 55.1 Å². The van der Waals surface area contributed by atoms with Crippen molar-refractivity contribution in [2.45, 2.75) is 39.8 Å². The molecule has 0 bridgehead atoms. The number of rotatable bonds is 5. The molecule has 0 amide bonds. The van der Waals surface area contributed by atoms with Gasteiger partial charge in [-0.15, -0.1) is 0 Å². The summed E-state index contributed by atoms with van der Waals surface area (Å²) in [6, 6.07) is 0.380. The first-order chi connectivity index (χ1) is 9.08. The minimum atomic E-state index is 0.380. The van der Waals surface area contributed by atoms with Gasteiger partial charge < -0.3 is 4.52 Å². The van der Waals surface area contributed by atoms with Crippen LogP contribution in [-0.4, -0.2) is 33.1 Å². The zero-order valence-corrected chi connectivity index (χ0v) is 11.9. The Kier molecular flexibility index (Phi) is 4.27. The van der Waals surface area contributed by atoms with E-state index in [9.17, 15) is 0 Å². The second-order valence-electron chi connectivity index (χ2n) is 4.97. The monoisotopic (exact) mass is 260 g/mol. The Balaban J connectivity index is 1.98. The van der Waals surface area contributed by atoms with Gasteiger partial charge in [0.1, 0.15) is 5.76 Å². The van der Waals surface area contributed by atoms with E-state index in [1.165, 1.54) is 5.56 Å². The van der Waals surface area contributed by atoms with Gasteiger partial charge in [0, 0.05) is 43.2 Å². The maximum atomic E-state index is 5.20. The normalized spacial score (nSPS) is 12.9. The van der Waals surface area contributed by atoms with Crippen molar-refractivity contribution in [2.75, 3.05) is 7.05 Å². The fourth-order valence-electron chi connectivity index (χ4n) is 2.03. The van der Waals surface area contributed by atoms with Crippen LogP contribution in [0.5, 0.6) is 0 Å². The lowest BCUT2D eigenvalue weighted by molar-refractivity contribution is 0.245. The van der Waals surface area contributed by atoms with Crippen LogP contribution < -0.4 is 0 Å². The molecule has 1 atom stereocenters. The summed E-state index contributed by atoms with van der Waals surface area (Å²) in [7, 11) is 2.10. The summed E-state index contributed by atoms with van der Waals surface area (Å²) >= 11 is 0. The van der Waals surface area contributed by atoms with Crippen LogP contribution in [0.2, 0.25) is 0 Å². The number of hydrogen-bond donors (Lipinski definition) is 0. The predicted octanol–water partition coefficient (Wildman–Crippen LogP) is 2.14. The Labute approximate surface area is 113 Å². The third kappa shape index (κ3) is 3.38. The number of hydrogen-bond acceptors (Lipinski definition) is 5. The van der Waals surface area contributed by atoms with Gasteiger partial charge in [-0.1, -0.05) is 5.16 Å². The van der Waals surface area contributed by atoms with Gasteiger partial charge >= 0.3 is 0 Å². The van der Waals surface area contributed by atoms with Gasteiger partial charge in [-0.25, -0.2) is 0 Å². The first-order valence-corrected chi connectivity index (χ1v) is 6.44. The van der Waals surface area contributed by atoms with E-state index in [0.717, 1.165) is 30.1 Å². The van der Waals surface area contributed by atoms with E-state index in [1.54, 1.807) is 12.4 Å². The molecule has 5 heteroatoms. The summed E-state index contributed by atoms with van der Waals surface area (Å²) in [5.74, 6) is 0.899. The molecule has 0 aliphatic carbocycles. The Morgan fingerprint density at radius 3 is 2.68 bits per heavy atom. The number of nitrogens with zero attached hydrogens (tertiary/aromatic N) is 4. The van der Waals surface area contributed by atoms with Crippen LogP contribution >= 0.6 is 0 Å². The number of aryl methyl sites for hydroxylation is 2. The van der Waals surface area contributed by atoms with Crippen molar-refractivity contribution in [3.8, 4) is 0 Å². The van der Waals surface area contributed by atoms with Gasteiger partial charge in [0.05, 0.1) is 11.4 Å². The molecule has 0 spiro atoms. The van der Waals surface area contributed by atoms with Gasteiger partial charge in [-0.3, -0.25) is 14.9 Å². The third-order valence-corrected chi connectivity index (χ3v) is 3.46. The average molecular weight is 260 g/mol. The highest BCUT2D eigenvalue weighted by atomic mass is 16.5. The fraction of sp³-hybridized carbons (Fsp3) is 0.500. The van der Waals surface area contributed by atoms with Gasteiger partial charge in [-0.2, -0.15) is 0 Å². The highest BCUT2D eigenvalue weighted by Crippen LogP contribution is 2.16. The molecule has 0 unspecified atom stereocenters. The van der Waals surface area contributed by atoms with Gasteiger partial charge in [-0.05, 0) is 27.8 Å². The SMILES string of the molecule is Cc1noc(C)c1CN(C)[C@@H](C)Cc1cnccn1. The molecule has 0 aliphatic heterocycles. The van der Waals surface area contributed by atoms with Gasteiger partial charge in [0.15, 0.2) is 0 Å². The van der Waals surface area contributed by atoms with E-state index in [-0.39, 0.29) is 0 Å². The van der Waals surface area contributed by atoms with Crippen LogP contribution in [0.4, 0.5) is 0 Å². The lowest BCUT2D eigenvalue weighted by Crippen LogP contribution is -2.31. The Morgan fingerprint density at radius 1 is 1.32 bits per heavy atom. The first kappa shape index (κ1) is 13.7. The summed E-state index contributed by atoms with van der Waals surface area (Å²) in [5, 5.41) is 3.99. The van der Waals surface area contributed by atoms with Crippen molar-refractivity contribution in [3.05, 3.63) is 41.3 Å². The molecule has 5 nitrogen and oxygen atoms in total. The molecule has 0 N–H and O–H groups in total. The summed E-state index contributed by atoms with van der Waals surface area (Å²) in [6.45, 7) is 6.96. The van der Waals surface area contributed by atoms with E-state index in [2.05, 4.69) is 34.0 Å². The maximum absolute atomic E-state index is 5.20. The number of likely N-dealkylation sites (N-methyl/N-ethyl adjacent to an activating group) is 1. The summed E-state index contributed by atoms with van der Waals surface area (Å²) in [5.41, 5.74) is 3.16. The molecule has 0 aliphatic rings. The van der Waals surface area contributed by atoms with E-state index < -0.39 is 0 Å². The van der Waals surface area contributed by atoms with Crippen molar-refractivity contribution >= 4 is 0 Å².